The lowest BCUT2D eigenvalue weighted by atomic mass is 10.0. The predicted octanol–water partition coefficient (Wildman–Crippen LogP) is 2.72. The SMILES string of the molecule is [2H]c1c([2H])c(C([2H])([2H])NC(=O)c2nc(C(C)(C)NC(=O)OCc3ccccc3)n(C)c(=O)c2O)c([2H])c([2H])c1F. The van der Waals surface area contributed by atoms with Crippen molar-refractivity contribution in [2.75, 3.05) is 0 Å². The molecule has 0 bridgehead atoms. The van der Waals surface area contributed by atoms with Gasteiger partial charge in [-0.25, -0.2) is 14.2 Å². The molecular weight excluding hydrogens is 443 g/mol. The van der Waals surface area contributed by atoms with Gasteiger partial charge < -0.3 is 20.5 Å². The fraction of sp³-hybridized carbons (Fsp3) is 0.250. The van der Waals surface area contributed by atoms with E-state index in [0.29, 0.717) is 5.56 Å². The van der Waals surface area contributed by atoms with Crippen LogP contribution in [0.1, 0.15) is 49.5 Å². The molecule has 3 aromatic rings. The van der Waals surface area contributed by atoms with Crippen molar-refractivity contribution in [3.63, 3.8) is 0 Å². The van der Waals surface area contributed by atoms with Crippen LogP contribution in [-0.4, -0.2) is 26.7 Å². The van der Waals surface area contributed by atoms with Crippen molar-refractivity contribution >= 4 is 12.0 Å². The quantitative estimate of drug-likeness (QED) is 0.484. The second-order valence-corrected chi connectivity index (χ2v) is 7.58. The van der Waals surface area contributed by atoms with Gasteiger partial charge in [-0.3, -0.25) is 14.2 Å². The van der Waals surface area contributed by atoms with Crippen LogP contribution in [0.3, 0.4) is 0 Å². The Kier molecular flexibility index (Phi) is 5.16. The summed E-state index contributed by atoms with van der Waals surface area (Å²) in [5.41, 5.74) is -3.81. The van der Waals surface area contributed by atoms with E-state index in [2.05, 4.69) is 10.3 Å². The average Bonchev–Trinajstić information content (AvgIpc) is 2.88. The number of carbonyl (C=O) groups is 2. The second kappa shape index (κ2) is 10.2. The van der Waals surface area contributed by atoms with Crippen LogP contribution < -0.4 is 16.2 Å². The maximum Gasteiger partial charge on any atom is 0.408 e. The Morgan fingerprint density at radius 1 is 1.21 bits per heavy atom. The first kappa shape index (κ1) is 17.3. The Morgan fingerprint density at radius 2 is 1.85 bits per heavy atom. The summed E-state index contributed by atoms with van der Waals surface area (Å²) < 4.78 is 67.2. The molecule has 1 aromatic heterocycles. The van der Waals surface area contributed by atoms with Gasteiger partial charge in [0.05, 0.1) is 13.8 Å². The van der Waals surface area contributed by atoms with Crippen molar-refractivity contribution in [2.45, 2.75) is 32.5 Å². The maximum absolute atomic E-state index is 13.9. The van der Waals surface area contributed by atoms with Crippen LogP contribution in [0.15, 0.2) is 59.3 Å². The Balaban J connectivity index is 1.93. The number of rotatable bonds is 7. The van der Waals surface area contributed by atoms with Gasteiger partial charge in [-0.1, -0.05) is 42.4 Å². The van der Waals surface area contributed by atoms with E-state index < -0.39 is 76.6 Å². The third kappa shape index (κ3) is 5.77. The van der Waals surface area contributed by atoms with Crippen LogP contribution in [-0.2, 0) is 30.4 Å². The van der Waals surface area contributed by atoms with Crippen LogP contribution in [0.5, 0.6) is 5.75 Å². The summed E-state index contributed by atoms with van der Waals surface area (Å²) >= 11 is 0. The number of nitrogens with one attached hydrogen (secondary N) is 2. The molecule has 3 N–H and O–H groups in total. The maximum atomic E-state index is 13.9. The number of halogens is 1. The Labute approximate surface area is 203 Å². The Hall–Kier alpha value is -4.21. The zero-order valence-corrected chi connectivity index (χ0v) is 18.4. The topological polar surface area (TPSA) is 123 Å². The standard InChI is InChI=1S/C24H25FN4O5/c1-24(2,28-23(33)34-14-16-7-5-4-6-8-16)22-27-18(19(30)21(32)29(22)3)20(31)26-13-15-9-11-17(25)12-10-15/h4-12,30H,13-14H2,1-3H3,(H,26,31)(H,28,33)/i9D,10D,11D,12D,13D2. The van der Waals surface area contributed by atoms with Crippen LogP contribution in [0, 0.1) is 5.82 Å². The minimum atomic E-state index is -3.13. The van der Waals surface area contributed by atoms with Gasteiger partial charge in [0.2, 0.25) is 5.75 Å². The van der Waals surface area contributed by atoms with E-state index in [1.165, 1.54) is 20.9 Å². The number of hydrogen-bond donors (Lipinski definition) is 3. The highest BCUT2D eigenvalue weighted by atomic mass is 19.1. The van der Waals surface area contributed by atoms with E-state index in [1.54, 1.807) is 35.6 Å². The van der Waals surface area contributed by atoms with Gasteiger partial charge in [0.15, 0.2) is 5.69 Å². The second-order valence-electron chi connectivity index (χ2n) is 7.58. The summed E-state index contributed by atoms with van der Waals surface area (Å²) in [6, 6.07) is 4.32. The van der Waals surface area contributed by atoms with E-state index in [9.17, 15) is 23.9 Å². The molecule has 1 heterocycles. The molecule has 0 aliphatic rings. The molecule has 9 nitrogen and oxygen atoms in total. The van der Waals surface area contributed by atoms with Crippen molar-refractivity contribution in [1.82, 2.24) is 20.2 Å². The monoisotopic (exact) mass is 474 g/mol. The van der Waals surface area contributed by atoms with Crippen LogP contribution in [0.4, 0.5) is 9.18 Å². The zero-order chi connectivity index (χ0) is 30.2. The first-order valence-electron chi connectivity index (χ1n) is 12.9. The molecule has 2 amide bonds. The summed E-state index contributed by atoms with van der Waals surface area (Å²) in [5.74, 6) is -4.37. The first-order valence-corrected chi connectivity index (χ1v) is 9.87. The molecule has 0 saturated carbocycles. The number of amides is 2. The number of ether oxygens (including phenoxy) is 1. The first-order chi connectivity index (χ1) is 18.5. The molecule has 0 unspecified atom stereocenters. The highest BCUT2D eigenvalue weighted by Gasteiger charge is 2.31. The van der Waals surface area contributed by atoms with Gasteiger partial charge >= 0.3 is 6.09 Å². The van der Waals surface area contributed by atoms with Crippen LogP contribution >= 0.6 is 0 Å². The third-order valence-corrected chi connectivity index (χ3v) is 4.56. The molecule has 0 aliphatic carbocycles. The van der Waals surface area contributed by atoms with Crippen molar-refractivity contribution in [3.05, 3.63) is 93.3 Å². The summed E-state index contributed by atoms with van der Waals surface area (Å²) in [6.45, 7) is -0.333. The molecule has 2 aromatic carbocycles. The van der Waals surface area contributed by atoms with Gasteiger partial charge in [0.1, 0.15) is 18.2 Å². The molecule has 3 rings (SSSR count). The van der Waals surface area contributed by atoms with Crippen molar-refractivity contribution in [1.29, 1.82) is 0 Å². The number of alkyl carbamates (subject to hydrolysis) is 1. The normalized spacial score (nSPS) is 14.0. The fourth-order valence-electron chi connectivity index (χ4n) is 2.92. The van der Waals surface area contributed by atoms with Gasteiger partial charge in [-0.05, 0) is 37.1 Å². The van der Waals surface area contributed by atoms with Gasteiger partial charge in [-0.2, -0.15) is 0 Å². The molecule has 0 atom stereocenters. The van der Waals surface area contributed by atoms with E-state index >= 15 is 0 Å². The van der Waals surface area contributed by atoms with E-state index in [4.69, 9.17) is 13.0 Å². The minimum Gasteiger partial charge on any atom is -0.501 e. The zero-order valence-electron chi connectivity index (χ0n) is 24.4. The molecule has 0 aliphatic heterocycles. The summed E-state index contributed by atoms with van der Waals surface area (Å²) in [7, 11) is 1.22. The molecule has 0 spiro atoms. The lowest BCUT2D eigenvalue weighted by Crippen LogP contribution is -2.46. The third-order valence-electron chi connectivity index (χ3n) is 4.56. The van der Waals surface area contributed by atoms with Gasteiger partial charge in [0, 0.05) is 13.5 Å². The lowest BCUT2D eigenvalue weighted by molar-refractivity contribution is 0.0941. The van der Waals surface area contributed by atoms with E-state index in [-0.39, 0.29) is 12.4 Å². The summed E-state index contributed by atoms with van der Waals surface area (Å²) in [6.07, 6.45) is -0.891. The molecule has 34 heavy (non-hydrogen) atoms. The summed E-state index contributed by atoms with van der Waals surface area (Å²) in [4.78, 5) is 42.2. The molecule has 10 heteroatoms. The van der Waals surface area contributed by atoms with Gasteiger partial charge in [-0.15, -0.1) is 0 Å². The van der Waals surface area contributed by atoms with E-state index in [1.807, 2.05) is 0 Å². The van der Waals surface area contributed by atoms with Gasteiger partial charge in [0.25, 0.3) is 11.5 Å². The number of benzene rings is 2. The molecule has 0 saturated heterocycles. The van der Waals surface area contributed by atoms with Crippen molar-refractivity contribution < 1.29 is 32.0 Å². The highest BCUT2D eigenvalue weighted by molar-refractivity contribution is 5.94. The van der Waals surface area contributed by atoms with Crippen molar-refractivity contribution in [2.24, 2.45) is 7.05 Å². The molecule has 178 valence electrons. The Bertz CT molecular complexity index is 1520. The average molecular weight is 475 g/mol. The largest absolute Gasteiger partial charge is 0.501 e. The number of hydrogen-bond acceptors (Lipinski definition) is 6. The summed E-state index contributed by atoms with van der Waals surface area (Å²) in [5, 5.41) is 14.6. The lowest BCUT2D eigenvalue weighted by Gasteiger charge is -2.27. The molecular formula is C24H25FN4O5. The van der Waals surface area contributed by atoms with Crippen molar-refractivity contribution in [3.8, 4) is 5.75 Å². The molecule has 0 radical (unpaired) electrons. The molecule has 0 fully saturated rings. The smallest absolute Gasteiger partial charge is 0.408 e. The minimum absolute atomic E-state index is 0.0626. The number of carbonyl (C=O) groups excluding carboxylic acids is 2. The van der Waals surface area contributed by atoms with Crippen LogP contribution in [0.2, 0.25) is 0 Å². The Morgan fingerprint density at radius 3 is 2.50 bits per heavy atom. The fourth-order valence-corrected chi connectivity index (χ4v) is 2.92. The van der Waals surface area contributed by atoms with E-state index in [0.717, 1.165) is 4.57 Å². The number of nitrogens with zero attached hydrogens (tertiary/aromatic N) is 2. The number of aromatic hydroxyl groups is 1. The predicted molar refractivity (Wildman–Crippen MR) is 122 cm³/mol. The highest BCUT2D eigenvalue weighted by Crippen LogP contribution is 2.20. The van der Waals surface area contributed by atoms with Crippen LogP contribution in [0.25, 0.3) is 0 Å². The number of aromatic nitrogens is 2.